The van der Waals surface area contributed by atoms with Gasteiger partial charge >= 0.3 is 11.9 Å². The van der Waals surface area contributed by atoms with E-state index in [1.807, 2.05) is 0 Å². The van der Waals surface area contributed by atoms with E-state index in [0.717, 1.165) is 19.3 Å². The molecule has 2 rings (SSSR count). The van der Waals surface area contributed by atoms with Crippen LogP contribution in [0.2, 0.25) is 15.1 Å². The van der Waals surface area contributed by atoms with Crippen LogP contribution in [0.15, 0.2) is 36.4 Å². The number of ether oxygens (including phenoxy) is 2. The number of unbranched alkanes of at least 4 members (excludes halogenated alkanes) is 7. The molecule has 0 saturated heterocycles. The first-order valence-corrected chi connectivity index (χ1v) is 12.1. The summed E-state index contributed by atoms with van der Waals surface area (Å²) in [4.78, 5) is 25.1. The number of carbonyl (C=O) groups excluding carboxylic acids is 2. The van der Waals surface area contributed by atoms with E-state index in [0.29, 0.717) is 27.2 Å². The van der Waals surface area contributed by atoms with Crippen molar-refractivity contribution in [2.24, 2.45) is 0 Å². The lowest BCUT2D eigenvalue weighted by Gasteiger charge is -2.11. The minimum atomic E-state index is -0.660. The second kappa shape index (κ2) is 14.4. The van der Waals surface area contributed by atoms with Crippen LogP contribution in [0.5, 0.6) is 0 Å². The zero-order valence-electron chi connectivity index (χ0n) is 18.3. The maximum Gasteiger partial charge on any atom is 0.339 e. The average molecular weight is 500 g/mol. The first kappa shape index (κ1) is 26.5. The van der Waals surface area contributed by atoms with Gasteiger partial charge in [0, 0.05) is 10.6 Å². The van der Waals surface area contributed by atoms with E-state index in [2.05, 4.69) is 6.92 Å². The van der Waals surface area contributed by atoms with Crippen LogP contribution < -0.4 is 0 Å². The third-order valence-corrected chi connectivity index (χ3v) is 5.94. The standard InChI is InChI=1S/C25H29Cl3O4/c1-2-3-4-5-6-7-8-11-14-31-24(29)19-12-9-10-13-20(19)25(30)32-17-21-22(27)15-18(26)16-23(21)28/h9-10,12-13,15-16H,2-8,11,14,17H2,1H3. The molecule has 0 atom stereocenters. The van der Waals surface area contributed by atoms with Gasteiger partial charge in [-0.2, -0.15) is 0 Å². The van der Waals surface area contributed by atoms with E-state index in [-0.39, 0.29) is 17.7 Å². The van der Waals surface area contributed by atoms with Crippen molar-refractivity contribution >= 4 is 46.7 Å². The Labute approximate surface area is 205 Å². The largest absolute Gasteiger partial charge is 0.462 e. The zero-order chi connectivity index (χ0) is 23.3. The lowest BCUT2D eigenvalue weighted by molar-refractivity contribution is 0.0436. The van der Waals surface area contributed by atoms with Crippen molar-refractivity contribution in [3.63, 3.8) is 0 Å². The molecule has 0 radical (unpaired) electrons. The van der Waals surface area contributed by atoms with Crippen LogP contribution >= 0.6 is 34.8 Å². The zero-order valence-corrected chi connectivity index (χ0v) is 20.6. The lowest BCUT2D eigenvalue weighted by atomic mass is 10.1. The summed E-state index contributed by atoms with van der Waals surface area (Å²) >= 11 is 18.2. The van der Waals surface area contributed by atoms with E-state index in [1.54, 1.807) is 18.2 Å². The van der Waals surface area contributed by atoms with Gasteiger partial charge in [-0.25, -0.2) is 9.59 Å². The number of carbonyl (C=O) groups is 2. The van der Waals surface area contributed by atoms with E-state index in [4.69, 9.17) is 44.3 Å². The summed E-state index contributed by atoms with van der Waals surface area (Å²) in [7, 11) is 0. The van der Waals surface area contributed by atoms with Gasteiger partial charge in [0.15, 0.2) is 0 Å². The van der Waals surface area contributed by atoms with Crippen LogP contribution in [0.25, 0.3) is 0 Å². The van der Waals surface area contributed by atoms with Crippen LogP contribution in [-0.2, 0) is 16.1 Å². The molecule has 0 N–H and O–H groups in total. The highest BCUT2D eigenvalue weighted by molar-refractivity contribution is 6.39. The maximum atomic E-state index is 12.6. The highest BCUT2D eigenvalue weighted by Crippen LogP contribution is 2.30. The third-order valence-electron chi connectivity index (χ3n) is 5.05. The number of halogens is 3. The molecular formula is C25H29Cl3O4. The van der Waals surface area contributed by atoms with Crippen molar-refractivity contribution < 1.29 is 19.1 Å². The van der Waals surface area contributed by atoms with Crippen molar-refractivity contribution in [1.82, 2.24) is 0 Å². The normalized spacial score (nSPS) is 10.8. The third kappa shape index (κ3) is 8.65. The minimum absolute atomic E-state index is 0.134. The van der Waals surface area contributed by atoms with E-state index in [1.165, 1.54) is 50.3 Å². The number of hydrogen-bond acceptors (Lipinski definition) is 4. The van der Waals surface area contributed by atoms with E-state index in [9.17, 15) is 9.59 Å². The molecule has 0 unspecified atom stereocenters. The van der Waals surface area contributed by atoms with Crippen molar-refractivity contribution in [2.75, 3.05) is 6.61 Å². The van der Waals surface area contributed by atoms with Crippen molar-refractivity contribution in [3.8, 4) is 0 Å². The molecule has 7 heteroatoms. The number of rotatable bonds is 13. The Balaban J connectivity index is 1.85. The summed E-state index contributed by atoms with van der Waals surface area (Å²) in [6.45, 7) is 2.39. The summed E-state index contributed by atoms with van der Waals surface area (Å²) in [6, 6.07) is 9.46. The highest BCUT2D eigenvalue weighted by Gasteiger charge is 2.20. The van der Waals surface area contributed by atoms with Crippen LogP contribution in [0.1, 0.15) is 84.6 Å². The lowest BCUT2D eigenvalue weighted by Crippen LogP contribution is -2.14. The summed E-state index contributed by atoms with van der Waals surface area (Å²) in [5, 5.41) is 0.987. The van der Waals surface area contributed by atoms with Gasteiger partial charge in [0.1, 0.15) is 6.61 Å². The summed E-state index contributed by atoms with van der Waals surface area (Å²) in [5.41, 5.74) is 0.751. The molecule has 0 spiro atoms. The van der Waals surface area contributed by atoms with Crippen LogP contribution in [-0.4, -0.2) is 18.5 Å². The molecule has 174 valence electrons. The Hall–Kier alpha value is -1.75. The SMILES string of the molecule is CCCCCCCCCCOC(=O)c1ccccc1C(=O)OCc1c(Cl)cc(Cl)cc1Cl. The number of hydrogen-bond donors (Lipinski definition) is 0. The fraction of sp³-hybridized carbons (Fsp3) is 0.440. The van der Waals surface area contributed by atoms with Gasteiger partial charge in [0.05, 0.1) is 27.8 Å². The molecule has 2 aromatic rings. The summed E-state index contributed by atoms with van der Waals surface area (Å²) < 4.78 is 10.7. The minimum Gasteiger partial charge on any atom is -0.462 e. The number of esters is 2. The van der Waals surface area contributed by atoms with E-state index >= 15 is 0 Å². The molecule has 0 fully saturated rings. The topological polar surface area (TPSA) is 52.6 Å². The molecule has 0 amide bonds. The molecule has 4 nitrogen and oxygen atoms in total. The van der Waals surface area contributed by atoms with Gasteiger partial charge in [-0.15, -0.1) is 0 Å². The summed E-state index contributed by atoms with van der Waals surface area (Å²) in [5.74, 6) is -1.20. The highest BCUT2D eigenvalue weighted by atomic mass is 35.5. The second-order valence-corrected chi connectivity index (χ2v) is 8.83. The van der Waals surface area contributed by atoms with Gasteiger partial charge in [-0.05, 0) is 30.7 Å². The van der Waals surface area contributed by atoms with Crippen LogP contribution in [0.4, 0.5) is 0 Å². The number of benzene rings is 2. The van der Waals surface area contributed by atoms with Crippen molar-refractivity contribution in [2.45, 2.75) is 64.9 Å². The fourth-order valence-corrected chi connectivity index (χ4v) is 4.17. The second-order valence-electron chi connectivity index (χ2n) is 7.58. The Kier molecular flexibility index (Phi) is 11.9. The molecule has 0 heterocycles. The molecule has 0 aliphatic heterocycles. The Morgan fingerprint density at radius 3 is 1.81 bits per heavy atom. The van der Waals surface area contributed by atoms with Gasteiger partial charge in [-0.3, -0.25) is 0 Å². The predicted octanol–water partition coefficient (Wildman–Crippen LogP) is 8.30. The molecule has 0 aliphatic carbocycles. The molecular weight excluding hydrogens is 471 g/mol. The molecule has 0 saturated carbocycles. The van der Waals surface area contributed by atoms with Crippen molar-refractivity contribution in [3.05, 3.63) is 68.2 Å². The van der Waals surface area contributed by atoms with Crippen LogP contribution in [0, 0.1) is 0 Å². The monoisotopic (exact) mass is 498 g/mol. The molecule has 32 heavy (non-hydrogen) atoms. The quantitative estimate of drug-likeness (QED) is 0.205. The van der Waals surface area contributed by atoms with Gasteiger partial charge < -0.3 is 9.47 Å². The Morgan fingerprint density at radius 2 is 1.25 bits per heavy atom. The Bertz CT molecular complexity index is 876. The molecule has 0 aromatic heterocycles. The smallest absolute Gasteiger partial charge is 0.339 e. The molecule has 0 aliphatic rings. The maximum absolute atomic E-state index is 12.6. The molecule has 2 aromatic carbocycles. The van der Waals surface area contributed by atoms with Crippen molar-refractivity contribution in [1.29, 1.82) is 0 Å². The van der Waals surface area contributed by atoms with E-state index < -0.39 is 11.9 Å². The molecule has 0 bridgehead atoms. The first-order valence-electron chi connectivity index (χ1n) is 11.0. The Morgan fingerprint density at radius 1 is 0.750 bits per heavy atom. The predicted molar refractivity (Wildman–Crippen MR) is 130 cm³/mol. The van der Waals surface area contributed by atoms with Gasteiger partial charge in [0.25, 0.3) is 0 Å². The average Bonchev–Trinajstić information content (AvgIpc) is 2.77. The van der Waals surface area contributed by atoms with Gasteiger partial charge in [0.2, 0.25) is 0 Å². The van der Waals surface area contributed by atoms with Gasteiger partial charge in [-0.1, -0.05) is 98.8 Å². The fourth-order valence-electron chi connectivity index (χ4n) is 3.24. The summed E-state index contributed by atoms with van der Waals surface area (Å²) in [6.07, 6.45) is 9.26. The van der Waals surface area contributed by atoms with Crippen LogP contribution in [0.3, 0.4) is 0 Å². The first-order chi connectivity index (χ1) is 15.4.